The van der Waals surface area contributed by atoms with Crippen LogP contribution in [0.25, 0.3) is 11.4 Å². The number of rotatable bonds is 2. The van der Waals surface area contributed by atoms with Gasteiger partial charge in [-0.25, -0.2) is 18.2 Å². The molecule has 23 heavy (non-hydrogen) atoms. The van der Waals surface area contributed by atoms with E-state index in [-0.39, 0.29) is 30.6 Å². The second-order valence-corrected chi connectivity index (χ2v) is 7.70. The van der Waals surface area contributed by atoms with Crippen molar-refractivity contribution in [1.29, 1.82) is 0 Å². The molecule has 2 N–H and O–H groups in total. The Kier molecular flexibility index (Phi) is 4.03. The molecule has 1 saturated heterocycles. The zero-order valence-corrected chi connectivity index (χ0v) is 13.4. The van der Waals surface area contributed by atoms with Crippen LogP contribution >= 0.6 is 0 Å². The topological polar surface area (TPSA) is 108 Å². The molecule has 1 aliphatic rings. The smallest absolute Gasteiger partial charge is 0.321 e. The Morgan fingerprint density at radius 3 is 2.70 bits per heavy atom. The lowest BCUT2D eigenvalue weighted by molar-refractivity contribution is 0.216. The summed E-state index contributed by atoms with van der Waals surface area (Å²) in [5.74, 6) is 1.29. The van der Waals surface area contributed by atoms with Gasteiger partial charge in [0, 0.05) is 24.3 Å². The van der Waals surface area contributed by atoms with Crippen LogP contribution in [-0.2, 0) is 9.84 Å². The van der Waals surface area contributed by atoms with Crippen LogP contribution in [0, 0.1) is 6.92 Å². The van der Waals surface area contributed by atoms with E-state index >= 15 is 0 Å². The van der Waals surface area contributed by atoms with E-state index in [0.717, 1.165) is 5.56 Å². The van der Waals surface area contributed by atoms with Crippen LogP contribution in [-0.4, -0.2) is 59.1 Å². The van der Waals surface area contributed by atoms with Crippen molar-refractivity contribution in [2.75, 3.05) is 29.9 Å². The summed E-state index contributed by atoms with van der Waals surface area (Å²) in [7, 11) is -3.00. The van der Waals surface area contributed by atoms with Crippen molar-refractivity contribution in [3.8, 4) is 11.4 Å². The quantitative estimate of drug-likeness (QED) is 0.852. The van der Waals surface area contributed by atoms with Gasteiger partial charge < -0.3 is 10.2 Å². The summed E-state index contributed by atoms with van der Waals surface area (Å²) in [4.78, 5) is 18.0. The molecule has 0 atom stereocenters. The first kappa shape index (κ1) is 15.5. The lowest BCUT2D eigenvalue weighted by atomic mass is 10.2. The van der Waals surface area contributed by atoms with E-state index in [0.29, 0.717) is 17.3 Å². The lowest BCUT2D eigenvalue weighted by Crippen LogP contribution is -2.45. The van der Waals surface area contributed by atoms with Gasteiger partial charge in [-0.3, -0.25) is 5.10 Å². The number of aryl methyl sites for hydroxylation is 1. The number of carbonyl (C=O) groups is 1. The molecule has 0 aliphatic carbocycles. The first-order valence-electron chi connectivity index (χ1n) is 7.19. The number of aromatic amines is 1. The van der Waals surface area contributed by atoms with Gasteiger partial charge in [-0.05, 0) is 19.1 Å². The molecule has 2 amide bonds. The number of nitrogens with one attached hydrogen (secondary N) is 2. The zero-order valence-electron chi connectivity index (χ0n) is 12.6. The number of hydrogen-bond donors (Lipinski definition) is 2. The summed E-state index contributed by atoms with van der Waals surface area (Å²) >= 11 is 0. The Morgan fingerprint density at radius 1 is 1.30 bits per heavy atom. The second kappa shape index (κ2) is 5.99. The number of urea groups is 1. The summed E-state index contributed by atoms with van der Waals surface area (Å²) in [6, 6.07) is 6.90. The maximum Gasteiger partial charge on any atom is 0.321 e. The van der Waals surface area contributed by atoms with E-state index in [2.05, 4.69) is 20.5 Å². The number of nitrogens with zero attached hydrogens (tertiary/aromatic N) is 3. The van der Waals surface area contributed by atoms with Gasteiger partial charge in [0.15, 0.2) is 15.7 Å². The standard InChI is InChI=1S/C14H17N5O3S/c1-10-15-13(18-17-10)11-3-2-4-12(9-11)16-14(20)19-5-7-23(21,22)8-6-19/h2-4,9H,5-8H2,1H3,(H,16,20)(H,15,17,18). The molecular formula is C14H17N5O3S. The predicted molar refractivity (Wildman–Crippen MR) is 85.8 cm³/mol. The van der Waals surface area contributed by atoms with Crippen LogP contribution in [0.4, 0.5) is 10.5 Å². The van der Waals surface area contributed by atoms with E-state index in [1.807, 2.05) is 13.0 Å². The molecule has 0 spiro atoms. The molecule has 2 aromatic rings. The Balaban J connectivity index is 1.70. The molecule has 0 bridgehead atoms. The first-order chi connectivity index (χ1) is 10.9. The molecule has 1 aliphatic heterocycles. The SMILES string of the molecule is Cc1nc(-c2cccc(NC(=O)N3CCS(=O)(=O)CC3)c2)n[nH]1. The first-order valence-corrected chi connectivity index (χ1v) is 9.01. The third-order valence-electron chi connectivity index (χ3n) is 3.60. The summed E-state index contributed by atoms with van der Waals surface area (Å²) in [5.41, 5.74) is 1.40. The minimum Gasteiger partial charge on any atom is -0.322 e. The Hall–Kier alpha value is -2.42. The number of anilines is 1. The van der Waals surface area contributed by atoms with E-state index in [9.17, 15) is 13.2 Å². The molecule has 2 heterocycles. The Bertz CT molecular complexity index is 816. The molecule has 0 radical (unpaired) electrons. The van der Waals surface area contributed by atoms with Crippen molar-refractivity contribution in [3.05, 3.63) is 30.1 Å². The molecule has 1 aromatic heterocycles. The fourth-order valence-electron chi connectivity index (χ4n) is 2.33. The van der Waals surface area contributed by atoms with Gasteiger partial charge in [0.25, 0.3) is 0 Å². The van der Waals surface area contributed by atoms with Gasteiger partial charge in [0.2, 0.25) is 0 Å². The maximum absolute atomic E-state index is 12.2. The largest absolute Gasteiger partial charge is 0.322 e. The summed E-state index contributed by atoms with van der Waals surface area (Å²) in [6.45, 7) is 2.24. The van der Waals surface area contributed by atoms with Crippen molar-refractivity contribution >= 4 is 21.6 Å². The molecule has 1 fully saturated rings. The Labute approximate surface area is 133 Å². The van der Waals surface area contributed by atoms with Gasteiger partial charge >= 0.3 is 6.03 Å². The number of hydrogen-bond acceptors (Lipinski definition) is 5. The lowest BCUT2D eigenvalue weighted by Gasteiger charge is -2.26. The summed E-state index contributed by atoms with van der Waals surface area (Å²) in [5, 5.41) is 9.64. The normalized spacial score (nSPS) is 17.0. The third kappa shape index (κ3) is 3.67. The minimum absolute atomic E-state index is 0.0108. The predicted octanol–water partition coefficient (Wildman–Crippen LogP) is 1.04. The van der Waals surface area contributed by atoms with Crippen LogP contribution in [0.3, 0.4) is 0 Å². The molecule has 122 valence electrons. The number of amides is 2. The molecule has 0 saturated carbocycles. The van der Waals surface area contributed by atoms with Crippen LogP contribution < -0.4 is 5.32 Å². The summed E-state index contributed by atoms with van der Waals surface area (Å²) in [6.07, 6.45) is 0. The van der Waals surface area contributed by atoms with Crippen LogP contribution in [0.2, 0.25) is 0 Å². The molecule has 9 heteroatoms. The molecule has 0 unspecified atom stereocenters. The molecular weight excluding hydrogens is 318 g/mol. The van der Waals surface area contributed by atoms with Crippen molar-refractivity contribution < 1.29 is 13.2 Å². The molecule has 1 aromatic carbocycles. The average molecular weight is 335 g/mol. The van der Waals surface area contributed by atoms with E-state index in [4.69, 9.17) is 0 Å². The maximum atomic E-state index is 12.2. The van der Waals surface area contributed by atoms with Gasteiger partial charge in [0.1, 0.15) is 5.82 Å². The van der Waals surface area contributed by atoms with Gasteiger partial charge in [0.05, 0.1) is 11.5 Å². The van der Waals surface area contributed by atoms with Gasteiger partial charge in [-0.1, -0.05) is 12.1 Å². The number of aromatic nitrogens is 3. The number of H-pyrrole nitrogens is 1. The van der Waals surface area contributed by atoms with E-state index in [1.54, 1.807) is 18.2 Å². The highest BCUT2D eigenvalue weighted by Gasteiger charge is 2.25. The monoisotopic (exact) mass is 335 g/mol. The van der Waals surface area contributed by atoms with Crippen molar-refractivity contribution in [1.82, 2.24) is 20.1 Å². The second-order valence-electron chi connectivity index (χ2n) is 5.39. The fraction of sp³-hybridized carbons (Fsp3) is 0.357. The number of benzene rings is 1. The fourth-order valence-corrected chi connectivity index (χ4v) is 3.53. The van der Waals surface area contributed by atoms with Crippen molar-refractivity contribution in [2.45, 2.75) is 6.92 Å². The van der Waals surface area contributed by atoms with Gasteiger partial charge in [-0.2, -0.15) is 5.10 Å². The third-order valence-corrected chi connectivity index (χ3v) is 5.21. The highest BCUT2D eigenvalue weighted by molar-refractivity contribution is 7.91. The van der Waals surface area contributed by atoms with Crippen LogP contribution in [0.1, 0.15) is 5.82 Å². The van der Waals surface area contributed by atoms with Crippen molar-refractivity contribution in [2.24, 2.45) is 0 Å². The number of sulfone groups is 1. The molecule has 8 nitrogen and oxygen atoms in total. The zero-order chi connectivity index (χ0) is 16.4. The van der Waals surface area contributed by atoms with Gasteiger partial charge in [-0.15, -0.1) is 0 Å². The van der Waals surface area contributed by atoms with Crippen LogP contribution in [0.5, 0.6) is 0 Å². The minimum atomic E-state index is -3.00. The summed E-state index contributed by atoms with van der Waals surface area (Å²) < 4.78 is 22.8. The van der Waals surface area contributed by atoms with E-state index in [1.165, 1.54) is 4.90 Å². The highest BCUT2D eigenvalue weighted by Crippen LogP contribution is 2.19. The number of carbonyl (C=O) groups excluding carboxylic acids is 1. The Morgan fingerprint density at radius 2 is 2.04 bits per heavy atom. The van der Waals surface area contributed by atoms with E-state index < -0.39 is 9.84 Å². The van der Waals surface area contributed by atoms with Crippen molar-refractivity contribution in [3.63, 3.8) is 0 Å². The highest BCUT2D eigenvalue weighted by atomic mass is 32.2. The average Bonchev–Trinajstić information content (AvgIpc) is 2.94. The molecule has 3 rings (SSSR count). The van der Waals surface area contributed by atoms with Crippen LogP contribution in [0.15, 0.2) is 24.3 Å².